The van der Waals surface area contributed by atoms with Crippen LogP contribution in [0.1, 0.15) is 30.3 Å². The number of thiophene rings is 1. The van der Waals surface area contributed by atoms with Crippen LogP contribution in [0.4, 0.5) is 0 Å². The number of nitrogens with zero attached hydrogens (tertiary/aromatic N) is 5. The van der Waals surface area contributed by atoms with Crippen molar-refractivity contribution in [3.63, 3.8) is 0 Å². The van der Waals surface area contributed by atoms with E-state index in [-0.39, 0.29) is 0 Å². The minimum atomic E-state index is 0.530. The monoisotopic (exact) mass is 328 g/mol. The molecule has 1 fully saturated rings. The number of nitrogens with one attached hydrogen (secondary N) is 1. The molecule has 23 heavy (non-hydrogen) atoms. The van der Waals surface area contributed by atoms with Gasteiger partial charge in [-0.3, -0.25) is 10.00 Å². The number of hydrogen-bond donors (Lipinski definition) is 1. The van der Waals surface area contributed by atoms with Gasteiger partial charge in [0.2, 0.25) is 0 Å². The Morgan fingerprint density at radius 1 is 1.35 bits per heavy atom. The lowest BCUT2D eigenvalue weighted by Gasteiger charge is -2.30. The summed E-state index contributed by atoms with van der Waals surface area (Å²) in [4.78, 5) is 2.48. The van der Waals surface area contributed by atoms with E-state index in [9.17, 15) is 0 Å². The van der Waals surface area contributed by atoms with Gasteiger partial charge in [-0.1, -0.05) is 0 Å². The molecule has 4 heterocycles. The molecule has 1 aliphatic heterocycles. The van der Waals surface area contributed by atoms with E-state index in [1.54, 1.807) is 17.7 Å². The van der Waals surface area contributed by atoms with Crippen LogP contribution >= 0.6 is 11.3 Å². The van der Waals surface area contributed by atoms with Crippen molar-refractivity contribution in [3.05, 3.63) is 40.7 Å². The second-order valence-electron chi connectivity index (χ2n) is 6.14. The summed E-state index contributed by atoms with van der Waals surface area (Å²) >= 11 is 1.70. The van der Waals surface area contributed by atoms with Crippen LogP contribution in [-0.2, 0) is 13.6 Å². The van der Waals surface area contributed by atoms with Crippen molar-refractivity contribution >= 4 is 11.3 Å². The second-order valence-corrected chi connectivity index (χ2v) is 6.92. The summed E-state index contributed by atoms with van der Waals surface area (Å²) in [5.74, 6) is 1.65. The predicted molar refractivity (Wildman–Crippen MR) is 90.2 cm³/mol. The third-order valence-electron chi connectivity index (χ3n) is 4.54. The quantitative estimate of drug-likeness (QED) is 0.800. The van der Waals surface area contributed by atoms with Crippen LogP contribution in [0.15, 0.2) is 29.2 Å². The third kappa shape index (κ3) is 3.07. The van der Waals surface area contributed by atoms with Gasteiger partial charge in [-0.25, -0.2) is 0 Å². The highest BCUT2D eigenvalue weighted by atomic mass is 32.1. The van der Waals surface area contributed by atoms with Crippen LogP contribution in [0, 0.1) is 0 Å². The zero-order valence-electron chi connectivity index (χ0n) is 13.1. The van der Waals surface area contributed by atoms with Crippen LogP contribution in [0.3, 0.4) is 0 Å². The number of aryl methyl sites for hydroxylation is 1. The SMILES string of the molecule is Cn1cnnc1C1CCN(Cc2cc(-c3ccsc3)n[nH]2)CC1. The molecule has 0 bridgehead atoms. The molecule has 1 saturated heterocycles. The predicted octanol–water partition coefficient (Wildman–Crippen LogP) is 2.65. The molecule has 1 N–H and O–H groups in total. The highest BCUT2D eigenvalue weighted by molar-refractivity contribution is 7.08. The number of hydrogen-bond acceptors (Lipinski definition) is 5. The highest BCUT2D eigenvalue weighted by Crippen LogP contribution is 2.27. The molecule has 3 aromatic rings. The standard InChI is InChI=1S/C16H20N6S/c1-21-11-17-20-16(21)12-2-5-22(6-3-12)9-14-8-15(19-18-14)13-4-7-23-10-13/h4,7-8,10-12H,2-3,5-6,9H2,1H3,(H,18,19). The van der Waals surface area contributed by atoms with Crippen molar-refractivity contribution in [1.82, 2.24) is 29.9 Å². The molecule has 0 atom stereocenters. The Hall–Kier alpha value is -1.99. The third-order valence-corrected chi connectivity index (χ3v) is 5.22. The average molecular weight is 328 g/mol. The van der Waals surface area contributed by atoms with Crippen molar-refractivity contribution in [2.45, 2.75) is 25.3 Å². The Kier molecular flexibility index (Phi) is 3.97. The van der Waals surface area contributed by atoms with E-state index in [0.717, 1.165) is 44.0 Å². The topological polar surface area (TPSA) is 62.6 Å². The second kappa shape index (κ2) is 6.25. The summed E-state index contributed by atoms with van der Waals surface area (Å²) in [6.07, 6.45) is 4.06. The zero-order valence-corrected chi connectivity index (χ0v) is 14.0. The van der Waals surface area contributed by atoms with E-state index < -0.39 is 0 Å². The molecule has 0 spiro atoms. The maximum Gasteiger partial charge on any atom is 0.135 e. The molecule has 0 amide bonds. The van der Waals surface area contributed by atoms with Gasteiger partial charge in [-0.2, -0.15) is 16.4 Å². The molecule has 0 saturated carbocycles. The van der Waals surface area contributed by atoms with E-state index in [0.29, 0.717) is 5.92 Å². The maximum absolute atomic E-state index is 4.42. The lowest BCUT2D eigenvalue weighted by Crippen LogP contribution is -2.33. The van der Waals surface area contributed by atoms with Gasteiger partial charge in [-0.15, -0.1) is 10.2 Å². The van der Waals surface area contributed by atoms with Gasteiger partial charge in [0.1, 0.15) is 12.2 Å². The minimum absolute atomic E-state index is 0.530. The van der Waals surface area contributed by atoms with Gasteiger partial charge >= 0.3 is 0 Å². The molecule has 0 radical (unpaired) electrons. The van der Waals surface area contributed by atoms with E-state index >= 15 is 0 Å². The largest absolute Gasteiger partial charge is 0.320 e. The van der Waals surface area contributed by atoms with Gasteiger partial charge in [0.05, 0.1) is 5.69 Å². The van der Waals surface area contributed by atoms with Gasteiger partial charge in [0.15, 0.2) is 0 Å². The van der Waals surface area contributed by atoms with E-state index in [4.69, 9.17) is 0 Å². The number of piperidine rings is 1. The fourth-order valence-corrected chi connectivity index (χ4v) is 3.90. The van der Waals surface area contributed by atoms with E-state index in [2.05, 4.69) is 48.2 Å². The first kappa shape index (κ1) is 14.6. The first-order chi connectivity index (χ1) is 11.3. The smallest absolute Gasteiger partial charge is 0.135 e. The van der Waals surface area contributed by atoms with E-state index in [1.807, 2.05) is 11.6 Å². The number of likely N-dealkylation sites (tertiary alicyclic amines) is 1. The Morgan fingerprint density at radius 2 is 2.22 bits per heavy atom. The minimum Gasteiger partial charge on any atom is -0.320 e. The lowest BCUT2D eigenvalue weighted by atomic mass is 9.96. The summed E-state index contributed by atoms with van der Waals surface area (Å²) in [6, 6.07) is 4.27. The first-order valence-corrected chi connectivity index (χ1v) is 8.87. The molecule has 3 aromatic heterocycles. The molecule has 0 aliphatic carbocycles. The van der Waals surface area contributed by atoms with Crippen LogP contribution in [0.2, 0.25) is 0 Å². The number of aromatic nitrogens is 5. The molecule has 120 valence electrons. The number of aromatic amines is 1. The molecule has 4 rings (SSSR count). The van der Waals surface area contributed by atoms with Crippen LogP contribution < -0.4 is 0 Å². The summed E-state index contributed by atoms with van der Waals surface area (Å²) in [7, 11) is 2.03. The van der Waals surface area contributed by atoms with Gasteiger partial charge < -0.3 is 4.57 Å². The Morgan fingerprint density at radius 3 is 2.91 bits per heavy atom. The van der Waals surface area contributed by atoms with Crippen molar-refractivity contribution < 1.29 is 0 Å². The molecular weight excluding hydrogens is 308 g/mol. The fraction of sp³-hybridized carbons (Fsp3) is 0.438. The maximum atomic E-state index is 4.42. The molecule has 0 aromatic carbocycles. The van der Waals surface area contributed by atoms with Gasteiger partial charge in [-0.05, 0) is 43.4 Å². The van der Waals surface area contributed by atoms with Crippen molar-refractivity contribution in [3.8, 4) is 11.3 Å². The fourth-order valence-electron chi connectivity index (χ4n) is 3.25. The molecule has 7 heteroatoms. The summed E-state index contributed by atoms with van der Waals surface area (Å²) in [5.41, 5.74) is 3.41. The van der Waals surface area contributed by atoms with Crippen molar-refractivity contribution in [2.75, 3.05) is 13.1 Å². The Labute approximate surface area is 139 Å². The normalized spacial score (nSPS) is 16.9. The Balaban J connectivity index is 1.35. The molecule has 1 aliphatic rings. The van der Waals surface area contributed by atoms with E-state index in [1.165, 1.54) is 11.3 Å². The number of H-pyrrole nitrogens is 1. The van der Waals surface area contributed by atoms with Crippen LogP contribution in [0.5, 0.6) is 0 Å². The first-order valence-electron chi connectivity index (χ1n) is 7.92. The lowest BCUT2D eigenvalue weighted by molar-refractivity contribution is 0.198. The molecule has 6 nitrogen and oxygen atoms in total. The van der Waals surface area contributed by atoms with Gasteiger partial charge in [0.25, 0.3) is 0 Å². The van der Waals surface area contributed by atoms with Crippen LogP contribution in [0.25, 0.3) is 11.3 Å². The number of rotatable bonds is 4. The summed E-state index contributed by atoms with van der Waals surface area (Å²) in [5, 5.41) is 20.1. The average Bonchev–Trinajstić information content (AvgIpc) is 3.29. The molecule has 0 unspecified atom stereocenters. The molecular formula is C16H20N6S. The van der Waals surface area contributed by atoms with Crippen LogP contribution in [-0.4, -0.2) is 43.0 Å². The summed E-state index contributed by atoms with van der Waals surface area (Å²) < 4.78 is 2.04. The van der Waals surface area contributed by atoms with Crippen molar-refractivity contribution in [1.29, 1.82) is 0 Å². The zero-order chi connectivity index (χ0) is 15.6. The highest BCUT2D eigenvalue weighted by Gasteiger charge is 2.24. The van der Waals surface area contributed by atoms with Crippen molar-refractivity contribution in [2.24, 2.45) is 7.05 Å². The Bertz CT molecular complexity index is 751. The van der Waals surface area contributed by atoms with Gasteiger partial charge in [0, 0.05) is 36.1 Å². The summed E-state index contributed by atoms with van der Waals surface area (Å²) in [6.45, 7) is 3.11.